The van der Waals surface area contributed by atoms with E-state index in [1.54, 1.807) is 16.2 Å². The van der Waals surface area contributed by atoms with Crippen LogP contribution >= 0.6 is 11.3 Å². The molecule has 1 saturated heterocycles. The van der Waals surface area contributed by atoms with Gasteiger partial charge in [-0.1, -0.05) is 6.92 Å². The normalized spacial score (nSPS) is 17.8. The van der Waals surface area contributed by atoms with E-state index in [9.17, 15) is 4.79 Å². The van der Waals surface area contributed by atoms with E-state index in [-0.39, 0.29) is 12.1 Å². The number of ether oxygens (including phenoxy) is 1. The van der Waals surface area contributed by atoms with Crippen molar-refractivity contribution in [2.75, 3.05) is 19.7 Å². The number of carbonyl (C=O) groups is 1. The maximum absolute atomic E-state index is 11.7. The molecule has 1 aromatic rings. The molecule has 1 aliphatic heterocycles. The van der Waals surface area contributed by atoms with Gasteiger partial charge in [0.15, 0.2) is 0 Å². The summed E-state index contributed by atoms with van der Waals surface area (Å²) >= 11 is 1.78. The second-order valence-electron chi connectivity index (χ2n) is 5.37. The summed E-state index contributed by atoms with van der Waals surface area (Å²) in [7, 11) is 0. The maximum Gasteiger partial charge on any atom is 0.409 e. The standard InChI is InChI=1S/C15H25N3O2S/c1-4-13-10-16-14(21-13)11(3)17-12-6-8-18(9-7-12)15(19)20-5-2/h10-12,17H,4-9H2,1-3H3. The highest BCUT2D eigenvalue weighted by Gasteiger charge is 2.25. The molecule has 118 valence electrons. The molecule has 1 N–H and O–H groups in total. The molecule has 6 heteroatoms. The van der Waals surface area contributed by atoms with Crippen LogP contribution in [0.4, 0.5) is 4.79 Å². The van der Waals surface area contributed by atoms with E-state index in [2.05, 4.69) is 24.1 Å². The van der Waals surface area contributed by atoms with Crippen LogP contribution in [-0.4, -0.2) is 41.7 Å². The molecule has 1 unspecified atom stereocenters. The molecule has 0 aliphatic carbocycles. The molecule has 0 radical (unpaired) electrons. The molecule has 21 heavy (non-hydrogen) atoms. The molecule has 0 bridgehead atoms. The van der Waals surface area contributed by atoms with Gasteiger partial charge in [0.25, 0.3) is 0 Å². The first-order valence-electron chi connectivity index (χ1n) is 7.76. The van der Waals surface area contributed by atoms with Gasteiger partial charge in [0.2, 0.25) is 0 Å². The first-order chi connectivity index (χ1) is 10.1. The molecule has 2 heterocycles. The summed E-state index contributed by atoms with van der Waals surface area (Å²) in [5.41, 5.74) is 0. The summed E-state index contributed by atoms with van der Waals surface area (Å²) in [6, 6.07) is 0.717. The number of aryl methyl sites for hydroxylation is 1. The molecule has 1 aromatic heterocycles. The van der Waals surface area contributed by atoms with Gasteiger partial charge < -0.3 is 15.0 Å². The Bertz CT molecular complexity index is 456. The number of rotatable bonds is 5. The molecular formula is C15H25N3O2S. The first kappa shape index (κ1) is 16.2. The number of hydrogen-bond donors (Lipinski definition) is 1. The summed E-state index contributed by atoms with van der Waals surface area (Å²) in [4.78, 5) is 19.3. The quantitative estimate of drug-likeness (QED) is 0.908. The van der Waals surface area contributed by atoms with Gasteiger partial charge in [-0.15, -0.1) is 11.3 Å². The minimum Gasteiger partial charge on any atom is -0.450 e. The maximum atomic E-state index is 11.7. The largest absolute Gasteiger partial charge is 0.450 e. The fraction of sp³-hybridized carbons (Fsp3) is 0.733. The summed E-state index contributed by atoms with van der Waals surface area (Å²) in [5.74, 6) is 0. The van der Waals surface area contributed by atoms with Crippen LogP contribution in [0.15, 0.2) is 6.20 Å². The predicted molar refractivity (Wildman–Crippen MR) is 84.7 cm³/mol. The van der Waals surface area contributed by atoms with Crippen molar-refractivity contribution < 1.29 is 9.53 Å². The van der Waals surface area contributed by atoms with Crippen molar-refractivity contribution in [2.45, 2.75) is 52.1 Å². The van der Waals surface area contributed by atoms with Crippen molar-refractivity contribution >= 4 is 17.4 Å². The minimum absolute atomic E-state index is 0.184. The topological polar surface area (TPSA) is 54.5 Å². The monoisotopic (exact) mass is 311 g/mol. The lowest BCUT2D eigenvalue weighted by atomic mass is 10.0. The molecule has 0 spiro atoms. The molecule has 1 aliphatic rings. The van der Waals surface area contributed by atoms with Crippen molar-refractivity contribution in [3.05, 3.63) is 16.1 Å². The van der Waals surface area contributed by atoms with Crippen LogP contribution in [0.2, 0.25) is 0 Å². The van der Waals surface area contributed by atoms with E-state index in [0.29, 0.717) is 12.6 Å². The molecule has 0 saturated carbocycles. The summed E-state index contributed by atoms with van der Waals surface area (Å²) in [6.45, 7) is 8.13. The Kier molecular flexibility index (Phi) is 5.99. The van der Waals surface area contributed by atoms with Gasteiger partial charge in [0, 0.05) is 30.2 Å². The molecule has 1 amide bonds. The van der Waals surface area contributed by atoms with Crippen LogP contribution in [0, 0.1) is 0 Å². The summed E-state index contributed by atoms with van der Waals surface area (Å²) in [5, 5.41) is 4.79. The lowest BCUT2D eigenvalue weighted by Gasteiger charge is -2.32. The summed E-state index contributed by atoms with van der Waals surface area (Å²) in [6.07, 6.45) is 4.77. The van der Waals surface area contributed by atoms with Crippen molar-refractivity contribution in [2.24, 2.45) is 0 Å². The Morgan fingerprint density at radius 3 is 2.81 bits per heavy atom. The Balaban J connectivity index is 1.79. The van der Waals surface area contributed by atoms with Gasteiger partial charge in [0.1, 0.15) is 5.01 Å². The molecule has 1 atom stereocenters. The third-order valence-electron chi connectivity index (χ3n) is 3.80. The fourth-order valence-electron chi connectivity index (χ4n) is 2.55. The highest BCUT2D eigenvalue weighted by Crippen LogP contribution is 2.22. The van der Waals surface area contributed by atoms with Crippen molar-refractivity contribution in [1.82, 2.24) is 15.2 Å². The van der Waals surface area contributed by atoms with E-state index in [0.717, 1.165) is 37.4 Å². The minimum atomic E-state index is -0.184. The number of carbonyl (C=O) groups excluding carboxylic acids is 1. The van der Waals surface area contributed by atoms with Crippen LogP contribution in [0.25, 0.3) is 0 Å². The van der Waals surface area contributed by atoms with Crippen LogP contribution < -0.4 is 5.32 Å². The number of nitrogens with zero attached hydrogens (tertiary/aromatic N) is 2. The SMILES string of the molecule is CCOC(=O)N1CCC(NC(C)c2ncc(CC)s2)CC1. The molecule has 1 fully saturated rings. The number of thiazole rings is 1. The lowest BCUT2D eigenvalue weighted by molar-refractivity contribution is 0.0943. The van der Waals surface area contributed by atoms with E-state index >= 15 is 0 Å². The van der Waals surface area contributed by atoms with Crippen LogP contribution in [0.1, 0.15) is 49.5 Å². The highest BCUT2D eigenvalue weighted by atomic mass is 32.1. The Hall–Kier alpha value is -1.14. The zero-order chi connectivity index (χ0) is 15.2. The predicted octanol–water partition coefficient (Wildman–Crippen LogP) is 2.98. The Labute approximate surface area is 130 Å². The zero-order valence-corrected chi connectivity index (χ0v) is 13.9. The van der Waals surface area contributed by atoms with Crippen LogP contribution in [0.3, 0.4) is 0 Å². The van der Waals surface area contributed by atoms with Gasteiger partial charge in [-0.2, -0.15) is 0 Å². The van der Waals surface area contributed by atoms with Crippen LogP contribution in [-0.2, 0) is 11.2 Å². The van der Waals surface area contributed by atoms with Crippen molar-refractivity contribution in [1.29, 1.82) is 0 Å². The van der Waals surface area contributed by atoms with Gasteiger partial charge in [0.05, 0.1) is 12.6 Å². The number of nitrogens with one attached hydrogen (secondary N) is 1. The number of piperidine rings is 1. The van der Waals surface area contributed by atoms with Gasteiger partial charge in [-0.3, -0.25) is 0 Å². The number of amides is 1. The summed E-state index contributed by atoms with van der Waals surface area (Å²) < 4.78 is 5.04. The van der Waals surface area contributed by atoms with E-state index < -0.39 is 0 Å². The second kappa shape index (κ2) is 7.75. The number of aromatic nitrogens is 1. The molecular weight excluding hydrogens is 286 g/mol. The number of hydrogen-bond acceptors (Lipinski definition) is 5. The molecule has 5 nitrogen and oxygen atoms in total. The average Bonchev–Trinajstić information content (AvgIpc) is 2.97. The van der Waals surface area contributed by atoms with Crippen molar-refractivity contribution in [3.63, 3.8) is 0 Å². The smallest absolute Gasteiger partial charge is 0.409 e. The second-order valence-corrected chi connectivity index (χ2v) is 6.51. The Morgan fingerprint density at radius 1 is 1.52 bits per heavy atom. The fourth-order valence-corrected chi connectivity index (χ4v) is 3.42. The number of likely N-dealkylation sites (tertiary alicyclic amines) is 1. The first-order valence-corrected chi connectivity index (χ1v) is 8.58. The van der Waals surface area contributed by atoms with E-state index in [1.165, 1.54) is 4.88 Å². The molecule has 0 aromatic carbocycles. The average molecular weight is 311 g/mol. The zero-order valence-electron chi connectivity index (χ0n) is 13.1. The Morgan fingerprint density at radius 2 is 2.24 bits per heavy atom. The van der Waals surface area contributed by atoms with Gasteiger partial charge >= 0.3 is 6.09 Å². The van der Waals surface area contributed by atoms with Gasteiger partial charge in [-0.05, 0) is 33.1 Å². The van der Waals surface area contributed by atoms with E-state index in [4.69, 9.17) is 4.74 Å². The third kappa shape index (κ3) is 4.41. The third-order valence-corrected chi connectivity index (χ3v) is 5.12. The van der Waals surface area contributed by atoms with Gasteiger partial charge in [-0.25, -0.2) is 9.78 Å². The highest BCUT2D eigenvalue weighted by molar-refractivity contribution is 7.11. The molecule has 2 rings (SSSR count). The van der Waals surface area contributed by atoms with Crippen molar-refractivity contribution in [3.8, 4) is 0 Å². The lowest BCUT2D eigenvalue weighted by Crippen LogP contribution is -2.45. The van der Waals surface area contributed by atoms with E-state index in [1.807, 2.05) is 13.1 Å². The van der Waals surface area contributed by atoms with Crippen LogP contribution in [0.5, 0.6) is 0 Å².